The molecule has 4 aromatic rings. The van der Waals surface area contributed by atoms with E-state index in [1.807, 2.05) is 12.1 Å². The lowest BCUT2D eigenvalue weighted by atomic mass is 9.86. The number of nitrogens with one attached hydrogen (secondary N) is 6. The van der Waals surface area contributed by atoms with Crippen molar-refractivity contribution < 1.29 is 74.0 Å². The zero-order valence-corrected chi connectivity index (χ0v) is 53.6. The smallest absolute Gasteiger partial charge is 0.251 e. The molecule has 29 heteroatoms. The van der Waals surface area contributed by atoms with E-state index >= 15 is 0 Å². The van der Waals surface area contributed by atoms with Crippen LogP contribution in [0, 0.1) is 11.8 Å². The van der Waals surface area contributed by atoms with Crippen molar-refractivity contribution in [2.24, 2.45) is 17.6 Å². The van der Waals surface area contributed by atoms with Gasteiger partial charge in [0.25, 0.3) is 5.91 Å². The standard InChI is InChI=1S/C64H89N13O15S/c1-34-5-14-41(15-6-34)74-22-24-75(25-23-74)42-16-12-40(13-17-42)62-73-72-61(93-62)39-10-8-38(9-11-39)56(85)68-45-29-43(79)31-67-60(89)54-55(84)35(2)32-77(54)64(91)53(48(82)19-20-65)71-59(88)52(49(83)27-37-7-18-47(81)50(28-37)92-26-21-66-4)70-58(87)46-30-44(80)33-76(46)63(90)51(36(3)78)69-57(45)86/h7-13,16-18,28,34-36,41,43-46,48-49,51-55,66,78-84H,5-6,14-15,19-27,29-33,65H2,1-4H3,(H,67,89)(H,68,85)(H,69,86)(H,70,87)(H,71,88)/t34?,35-,36+,41?,43+,44+,45?,46-,48+,49+,51-,52-,53-,54-,55-/m0/s1. The predicted molar refractivity (Wildman–Crippen MR) is 342 cm³/mol. The molecule has 28 nitrogen and oxygen atoms in total. The molecule has 4 aliphatic heterocycles. The fraction of sp³-hybridized carbons (Fsp3) is 0.578. The third-order valence-corrected chi connectivity index (χ3v) is 19.4. The molecule has 5 aliphatic rings. The lowest BCUT2D eigenvalue weighted by molar-refractivity contribution is -0.147. The number of hydrogen-bond donors (Lipinski definition) is 14. The zero-order valence-electron chi connectivity index (χ0n) is 52.8. The normalized spacial score (nSPS) is 28.4. The minimum Gasteiger partial charge on any atom is -0.504 e. The second kappa shape index (κ2) is 31.7. The SMILES string of the molecule is CNCCOc1cc(C[C@@H](O)[C@@H]2NC(=O)[C@@H]3C[C@@H](O)CN3C(=O)[C@H]([C@@H](C)O)NC(=O)C(NC(=O)c3ccc(-c4nnc(-c5ccc(N6CCN(C7CCC(C)CC7)CC6)cc5)s4)cc3)C[C@@H](O)CNC(=O)[C@@H]3[C@@H](O)[C@@H](C)CN3C(=O)[C@H]([C@H](O)CCN)NC2=O)ccc1O. The van der Waals surface area contributed by atoms with E-state index in [1.165, 1.54) is 67.4 Å². The first-order chi connectivity index (χ1) is 44.5. The van der Waals surface area contributed by atoms with Crippen LogP contribution >= 0.6 is 11.3 Å². The second-order valence-corrected chi connectivity index (χ2v) is 26.3. The Balaban J connectivity index is 0.949. The van der Waals surface area contributed by atoms with E-state index in [1.54, 1.807) is 26.1 Å². The Kier molecular flexibility index (Phi) is 23.8. The summed E-state index contributed by atoms with van der Waals surface area (Å²) in [6, 6.07) is 8.41. The Hall–Kier alpha value is -7.45. The van der Waals surface area contributed by atoms with E-state index in [9.17, 15) is 69.3 Å². The number of hydrogen-bond acceptors (Lipinski definition) is 22. The third kappa shape index (κ3) is 17.1. The Morgan fingerprint density at radius 1 is 0.742 bits per heavy atom. The summed E-state index contributed by atoms with van der Waals surface area (Å²) in [5, 5.41) is 105. The highest BCUT2D eigenvalue weighted by molar-refractivity contribution is 7.17. The molecular weight excluding hydrogens is 1220 g/mol. The first kappa shape index (κ1) is 69.9. The molecule has 0 bridgehead atoms. The molecular formula is C64H89N13O15S. The number of aromatic nitrogens is 2. The zero-order chi connectivity index (χ0) is 66.8. The quantitative estimate of drug-likeness (QED) is 0.0517. The highest BCUT2D eigenvalue weighted by Crippen LogP contribution is 2.34. The van der Waals surface area contributed by atoms with Gasteiger partial charge in [0.2, 0.25) is 35.4 Å². The van der Waals surface area contributed by atoms with E-state index in [-0.39, 0.29) is 48.7 Å². The van der Waals surface area contributed by atoms with Gasteiger partial charge >= 0.3 is 0 Å². The highest BCUT2D eigenvalue weighted by atomic mass is 32.1. The molecule has 1 aliphatic carbocycles. The van der Waals surface area contributed by atoms with Gasteiger partial charge in [0.05, 0.1) is 36.6 Å². The van der Waals surface area contributed by atoms with Crippen LogP contribution in [0.4, 0.5) is 5.69 Å². The monoisotopic (exact) mass is 1310 g/mol. The molecule has 5 fully saturated rings. The van der Waals surface area contributed by atoms with Gasteiger partial charge in [0.1, 0.15) is 52.9 Å². The molecule has 0 radical (unpaired) electrons. The first-order valence-electron chi connectivity index (χ1n) is 32.0. The number of phenols is 1. The first-order valence-corrected chi connectivity index (χ1v) is 32.9. The number of anilines is 1. The van der Waals surface area contributed by atoms with Crippen molar-refractivity contribution in [3.63, 3.8) is 0 Å². The minimum atomic E-state index is -2.03. The minimum absolute atomic E-state index is 0.0222. The predicted octanol–water partition coefficient (Wildman–Crippen LogP) is -1.83. The maximum Gasteiger partial charge on any atom is 0.251 e. The molecule has 7 amide bonds. The van der Waals surface area contributed by atoms with Crippen LogP contribution in [0.25, 0.3) is 21.1 Å². The fourth-order valence-electron chi connectivity index (χ4n) is 12.9. The largest absolute Gasteiger partial charge is 0.504 e. The van der Waals surface area contributed by atoms with Crippen molar-refractivity contribution in [3.05, 3.63) is 77.9 Å². The number of aliphatic hydroxyl groups excluding tert-OH is 6. The Labute approximate surface area is 543 Å². The number of carbonyl (C=O) groups is 7. The molecule has 5 heterocycles. The molecule has 3 aromatic carbocycles. The number of aromatic hydroxyl groups is 1. The van der Waals surface area contributed by atoms with Gasteiger partial charge in [0.15, 0.2) is 11.5 Å². The summed E-state index contributed by atoms with van der Waals surface area (Å²) in [5.41, 5.74) is 8.82. The average Bonchev–Trinajstić information content (AvgIpc) is 1.71. The van der Waals surface area contributed by atoms with E-state index in [4.69, 9.17) is 10.5 Å². The van der Waals surface area contributed by atoms with Crippen molar-refractivity contribution in [3.8, 4) is 32.6 Å². The summed E-state index contributed by atoms with van der Waals surface area (Å²) in [6.45, 7) is 7.92. The molecule has 1 unspecified atom stereocenters. The van der Waals surface area contributed by atoms with Gasteiger partial charge in [-0.05, 0) is 113 Å². The lowest BCUT2D eigenvalue weighted by Crippen LogP contribution is -2.64. The summed E-state index contributed by atoms with van der Waals surface area (Å²) in [7, 11) is 1.69. The number of nitrogens with zero attached hydrogens (tertiary/aromatic N) is 6. The average molecular weight is 1310 g/mol. The number of amides is 7. The number of nitrogens with two attached hydrogens (primary N) is 1. The van der Waals surface area contributed by atoms with Gasteiger partial charge in [-0.25, -0.2) is 0 Å². The summed E-state index contributed by atoms with van der Waals surface area (Å²) in [5.74, 6) is -7.66. The van der Waals surface area contributed by atoms with Gasteiger partial charge in [-0.2, -0.15) is 0 Å². The van der Waals surface area contributed by atoms with Crippen LogP contribution in [-0.4, -0.2) is 253 Å². The summed E-state index contributed by atoms with van der Waals surface area (Å²) < 4.78 is 5.67. The van der Waals surface area contributed by atoms with Gasteiger partial charge in [-0.3, -0.25) is 38.5 Å². The van der Waals surface area contributed by atoms with Crippen LogP contribution in [0.3, 0.4) is 0 Å². The van der Waals surface area contributed by atoms with Gasteiger partial charge in [0, 0.05) is 106 Å². The van der Waals surface area contributed by atoms with Crippen LogP contribution in [0.2, 0.25) is 0 Å². The number of fused-ring (bicyclic) bond motifs is 2. The van der Waals surface area contributed by atoms with Crippen molar-refractivity contribution in [2.45, 2.75) is 151 Å². The molecule has 1 aromatic heterocycles. The van der Waals surface area contributed by atoms with Crippen LogP contribution in [0.5, 0.6) is 11.5 Å². The van der Waals surface area contributed by atoms with Gasteiger partial charge in [-0.15, -0.1) is 10.2 Å². The van der Waals surface area contributed by atoms with E-state index in [0.29, 0.717) is 28.2 Å². The van der Waals surface area contributed by atoms with Gasteiger partial charge < -0.3 is 92.8 Å². The van der Waals surface area contributed by atoms with E-state index in [2.05, 4.69) is 71.0 Å². The number of ether oxygens (including phenoxy) is 1. The van der Waals surface area contributed by atoms with Crippen molar-refractivity contribution in [1.82, 2.24) is 56.8 Å². The van der Waals surface area contributed by atoms with Crippen LogP contribution < -0.4 is 47.3 Å². The van der Waals surface area contributed by atoms with Crippen molar-refractivity contribution >= 4 is 58.4 Å². The molecule has 4 saturated heterocycles. The summed E-state index contributed by atoms with van der Waals surface area (Å²) in [4.78, 5) is 109. The number of benzene rings is 3. The van der Waals surface area contributed by atoms with Crippen LogP contribution in [-0.2, 0) is 35.2 Å². The van der Waals surface area contributed by atoms with Crippen LogP contribution in [0.15, 0.2) is 66.7 Å². The Bertz CT molecular complexity index is 3240. The number of phenolic OH excluding ortho intramolecular Hbond substituents is 1. The van der Waals surface area contributed by atoms with Crippen molar-refractivity contribution in [1.29, 1.82) is 0 Å². The fourth-order valence-corrected chi connectivity index (χ4v) is 13.8. The molecule has 1 saturated carbocycles. The number of piperazine rings is 1. The Morgan fingerprint density at radius 3 is 2.02 bits per heavy atom. The molecule has 93 heavy (non-hydrogen) atoms. The van der Waals surface area contributed by atoms with E-state index in [0.717, 1.165) is 60.1 Å². The molecule has 0 spiro atoms. The molecule has 506 valence electrons. The summed E-state index contributed by atoms with van der Waals surface area (Å²) >= 11 is 1.36. The highest BCUT2D eigenvalue weighted by Gasteiger charge is 2.50. The molecule has 13 atom stereocenters. The van der Waals surface area contributed by atoms with E-state index < -0.39 is 152 Å². The number of rotatable bonds is 17. The number of carbonyl (C=O) groups excluding carboxylic acids is 7. The number of β-amino-alcohol motifs (C(OH)–C–C–N with tert-alkyl or cyclic N) is 1. The maximum absolute atomic E-state index is 14.8. The number of aliphatic hydroxyl groups is 6. The second-order valence-electron chi connectivity index (χ2n) is 25.3. The topological polar surface area (TPSA) is 407 Å². The number of likely N-dealkylation sites (N-methyl/N-ethyl adjacent to an activating group) is 1. The Morgan fingerprint density at radius 2 is 1.38 bits per heavy atom. The molecule has 15 N–H and O–H groups in total. The van der Waals surface area contributed by atoms with Crippen molar-refractivity contribution in [2.75, 3.05) is 77.5 Å². The third-order valence-electron chi connectivity index (χ3n) is 18.4. The van der Waals surface area contributed by atoms with Crippen LogP contribution in [0.1, 0.15) is 81.6 Å². The lowest BCUT2D eigenvalue weighted by Gasteiger charge is -2.42. The van der Waals surface area contributed by atoms with Gasteiger partial charge in [-0.1, -0.05) is 43.4 Å². The summed E-state index contributed by atoms with van der Waals surface area (Å²) in [6.07, 6.45) is -6.62. The maximum atomic E-state index is 14.8. The molecule has 9 rings (SSSR count).